The number of Topliss-reactive ketones (excluding diaryl/α,β-unsaturated/α-hetero) is 1. The first-order chi connectivity index (χ1) is 19.9. The predicted molar refractivity (Wildman–Crippen MR) is 155 cm³/mol. The first-order valence-corrected chi connectivity index (χ1v) is 14.2. The summed E-state index contributed by atoms with van der Waals surface area (Å²) < 4.78 is 31.7. The van der Waals surface area contributed by atoms with Gasteiger partial charge in [0.15, 0.2) is 16.6 Å². The maximum Gasteiger partial charge on any atom is 0.301 e. The highest BCUT2D eigenvalue weighted by atomic mass is 32.1. The van der Waals surface area contributed by atoms with E-state index in [1.807, 2.05) is 26.8 Å². The molecule has 41 heavy (non-hydrogen) atoms. The lowest BCUT2D eigenvalue weighted by Gasteiger charge is -2.24. The molecule has 212 valence electrons. The summed E-state index contributed by atoms with van der Waals surface area (Å²) in [5.74, 6) is -1.01. The van der Waals surface area contributed by atoms with Crippen molar-refractivity contribution in [3.8, 4) is 17.2 Å². The number of amides is 1. The molecule has 0 spiro atoms. The fourth-order valence-corrected chi connectivity index (χ4v) is 5.68. The first-order valence-electron chi connectivity index (χ1n) is 13.4. The minimum atomic E-state index is -1.04. The van der Waals surface area contributed by atoms with Gasteiger partial charge in [-0.3, -0.25) is 14.5 Å². The number of nitrogens with zero attached hydrogens (tertiary/aromatic N) is 2. The molecule has 1 aliphatic heterocycles. The average Bonchev–Trinajstić information content (AvgIpc) is 3.50. The minimum Gasteiger partial charge on any atom is -0.507 e. The topological polar surface area (TPSA) is 98.2 Å². The van der Waals surface area contributed by atoms with Gasteiger partial charge in [0, 0.05) is 5.56 Å². The summed E-state index contributed by atoms with van der Waals surface area (Å²) in [6, 6.07) is 14.6. The third-order valence-electron chi connectivity index (χ3n) is 6.47. The summed E-state index contributed by atoms with van der Waals surface area (Å²) in [6.45, 7) is 7.06. The van der Waals surface area contributed by atoms with E-state index in [1.54, 1.807) is 30.3 Å². The monoisotopic (exact) mass is 576 g/mol. The van der Waals surface area contributed by atoms with Crippen molar-refractivity contribution in [3.63, 3.8) is 0 Å². The van der Waals surface area contributed by atoms with Crippen LogP contribution in [0.25, 0.3) is 16.0 Å². The molecule has 1 atom stereocenters. The molecule has 4 aromatic rings. The minimum absolute atomic E-state index is 0.138. The molecule has 0 saturated carbocycles. The van der Waals surface area contributed by atoms with Gasteiger partial charge < -0.3 is 19.3 Å². The second-order valence-electron chi connectivity index (χ2n) is 9.22. The fraction of sp³-hybridized carbons (Fsp3) is 0.258. The Kier molecular flexibility index (Phi) is 8.21. The van der Waals surface area contributed by atoms with Crippen molar-refractivity contribution in [3.05, 3.63) is 83.2 Å². The quantitative estimate of drug-likeness (QED) is 0.128. The number of ketones is 1. The van der Waals surface area contributed by atoms with Crippen LogP contribution in [0, 0.1) is 5.82 Å². The zero-order chi connectivity index (χ0) is 29.1. The summed E-state index contributed by atoms with van der Waals surface area (Å²) in [7, 11) is 0. The molecular weight excluding hydrogens is 547 g/mol. The number of carbonyl (C=O) groups is 2. The van der Waals surface area contributed by atoms with Crippen LogP contribution >= 0.6 is 11.3 Å². The Hall–Kier alpha value is -4.44. The molecule has 2 heterocycles. The van der Waals surface area contributed by atoms with Crippen LogP contribution in [-0.2, 0) is 9.59 Å². The number of aliphatic hydroxyl groups is 1. The van der Waals surface area contributed by atoms with E-state index in [9.17, 15) is 19.1 Å². The van der Waals surface area contributed by atoms with E-state index in [4.69, 9.17) is 14.2 Å². The number of hydrogen-bond donors (Lipinski definition) is 1. The summed E-state index contributed by atoms with van der Waals surface area (Å²) in [5.41, 5.74) is 1.20. The SMILES string of the molecule is CCCOc1ccc(C2C(=C(O)c3ccc(F)cc3)C(=O)C(=O)N2c2nc3ccc(OCC)cc3s2)cc1OCC. The molecule has 5 rings (SSSR count). The number of anilines is 1. The molecule has 0 bridgehead atoms. The zero-order valence-electron chi connectivity index (χ0n) is 22.8. The molecule has 3 aromatic carbocycles. The molecule has 0 aliphatic carbocycles. The number of aliphatic hydroxyl groups excluding tert-OH is 1. The highest BCUT2D eigenvalue weighted by Gasteiger charge is 2.48. The van der Waals surface area contributed by atoms with Crippen molar-refractivity contribution in [2.45, 2.75) is 33.2 Å². The van der Waals surface area contributed by atoms with Crippen molar-refractivity contribution in [1.82, 2.24) is 4.98 Å². The summed E-state index contributed by atoms with van der Waals surface area (Å²) in [6.07, 6.45) is 0.799. The summed E-state index contributed by atoms with van der Waals surface area (Å²) in [4.78, 5) is 33.1. The average molecular weight is 577 g/mol. The number of hydrogen-bond acceptors (Lipinski definition) is 8. The molecule has 1 saturated heterocycles. The highest BCUT2D eigenvalue weighted by Crippen LogP contribution is 2.46. The van der Waals surface area contributed by atoms with E-state index in [1.165, 1.54) is 40.5 Å². The second kappa shape index (κ2) is 12.0. The molecule has 1 N–H and O–H groups in total. The lowest BCUT2D eigenvalue weighted by Crippen LogP contribution is -2.29. The van der Waals surface area contributed by atoms with Gasteiger partial charge in [-0.2, -0.15) is 0 Å². The number of halogens is 1. The third-order valence-corrected chi connectivity index (χ3v) is 7.49. The van der Waals surface area contributed by atoms with Gasteiger partial charge in [0.1, 0.15) is 17.3 Å². The van der Waals surface area contributed by atoms with Crippen LogP contribution in [0.5, 0.6) is 17.2 Å². The van der Waals surface area contributed by atoms with E-state index in [2.05, 4.69) is 4.98 Å². The van der Waals surface area contributed by atoms with Gasteiger partial charge in [-0.15, -0.1) is 0 Å². The van der Waals surface area contributed by atoms with E-state index >= 15 is 0 Å². The highest BCUT2D eigenvalue weighted by molar-refractivity contribution is 7.22. The van der Waals surface area contributed by atoms with E-state index in [0.29, 0.717) is 48.1 Å². The molecule has 1 fully saturated rings. The van der Waals surface area contributed by atoms with Crippen LogP contribution in [-0.4, -0.2) is 41.6 Å². The Morgan fingerprint density at radius 1 is 0.951 bits per heavy atom. The van der Waals surface area contributed by atoms with Crippen molar-refractivity contribution >= 4 is 44.1 Å². The molecule has 8 nitrogen and oxygen atoms in total. The third kappa shape index (κ3) is 5.47. The number of carbonyl (C=O) groups excluding carboxylic acids is 2. The van der Waals surface area contributed by atoms with Gasteiger partial charge in [0.25, 0.3) is 5.78 Å². The zero-order valence-corrected chi connectivity index (χ0v) is 23.7. The fourth-order valence-electron chi connectivity index (χ4n) is 4.66. The standard InChI is InChI=1S/C31H29FN2O6S/c1-4-15-40-23-14-9-19(16-24(23)39-6-3)27-26(28(35)18-7-10-20(32)11-8-18)29(36)30(37)34(27)31-33-22-13-12-21(38-5-2)17-25(22)41-31/h7-14,16-17,27,35H,4-6,15H2,1-3H3. The molecular formula is C31H29FN2O6S. The van der Waals surface area contributed by atoms with E-state index in [-0.39, 0.29) is 16.3 Å². The van der Waals surface area contributed by atoms with Crippen LogP contribution in [0.4, 0.5) is 9.52 Å². The first kappa shape index (κ1) is 28.1. The molecule has 1 aromatic heterocycles. The van der Waals surface area contributed by atoms with E-state index in [0.717, 1.165) is 11.1 Å². The Bertz CT molecular complexity index is 1630. The number of benzene rings is 3. The van der Waals surface area contributed by atoms with Gasteiger partial charge in [-0.1, -0.05) is 24.3 Å². The Balaban J connectivity index is 1.69. The number of ether oxygens (including phenoxy) is 3. The maximum atomic E-state index is 13.6. The van der Waals surface area contributed by atoms with Gasteiger partial charge in [0.2, 0.25) is 0 Å². The van der Waals surface area contributed by atoms with Crippen LogP contribution in [0.1, 0.15) is 44.4 Å². The van der Waals surface area contributed by atoms with Gasteiger partial charge >= 0.3 is 5.91 Å². The number of fused-ring (bicyclic) bond motifs is 1. The Morgan fingerprint density at radius 3 is 2.41 bits per heavy atom. The molecule has 1 amide bonds. The molecule has 0 radical (unpaired) electrons. The largest absolute Gasteiger partial charge is 0.507 e. The Labute approximate surface area is 240 Å². The predicted octanol–water partition coefficient (Wildman–Crippen LogP) is 6.65. The molecule has 1 unspecified atom stereocenters. The van der Waals surface area contributed by atoms with Crippen molar-refractivity contribution in [1.29, 1.82) is 0 Å². The van der Waals surface area contributed by atoms with Crippen molar-refractivity contribution < 1.29 is 33.3 Å². The van der Waals surface area contributed by atoms with Crippen LogP contribution < -0.4 is 19.1 Å². The van der Waals surface area contributed by atoms with Gasteiger partial charge in [-0.05, 0) is 80.4 Å². The van der Waals surface area contributed by atoms with Gasteiger partial charge in [-0.25, -0.2) is 9.37 Å². The number of rotatable bonds is 10. The Morgan fingerprint density at radius 2 is 1.71 bits per heavy atom. The number of thiazole rings is 1. The van der Waals surface area contributed by atoms with Crippen molar-refractivity contribution in [2.75, 3.05) is 24.7 Å². The lowest BCUT2D eigenvalue weighted by molar-refractivity contribution is -0.132. The van der Waals surface area contributed by atoms with Crippen LogP contribution in [0.2, 0.25) is 0 Å². The smallest absolute Gasteiger partial charge is 0.301 e. The summed E-state index contributed by atoms with van der Waals surface area (Å²) in [5, 5.41) is 11.6. The summed E-state index contributed by atoms with van der Waals surface area (Å²) >= 11 is 1.23. The van der Waals surface area contributed by atoms with Crippen LogP contribution in [0.15, 0.2) is 66.2 Å². The number of aromatic nitrogens is 1. The van der Waals surface area contributed by atoms with E-state index < -0.39 is 29.3 Å². The van der Waals surface area contributed by atoms with Crippen LogP contribution in [0.3, 0.4) is 0 Å². The van der Waals surface area contributed by atoms with Gasteiger partial charge in [0.05, 0.1) is 41.7 Å². The maximum absolute atomic E-state index is 13.6. The normalized spacial score (nSPS) is 16.4. The second-order valence-corrected chi connectivity index (χ2v) is 10.2. The molecule has 10 heteroatoms. The molecule has 1 aliphatic rings. The lowest BCUT2D eigenvalue weighted by atomic mass is 9.95. The van der Waals surface area contributed by atoms with Crippen molar-refractivity contribution in [2.24, 2.45) is 0 Å².